The average Bonchev–Trinajstić information content (AvgIpc) is 3.32. The number of para-hydroxylation sites is 1. The highest BCUT2D eigenvalue weighted by molar-refractivity contribution is 8.01. The van der Waals surface area contributed by atoms with E-state index in [1.54, 1.807) is 11.3 Å². The van der Waals surface area contributed by atoms with Gasteiger partial charge in [-0.3, -0.25) is 4.79 Å². The molecule has 1 aliphatic carbocycles. The van der Waals surface area contributed by atoms with E-state index >= 15 is 0 Å². The van der Waals surface area contributed by atoms with Crippen molar-refractivity contribution in [1.82, 2.24) is 10.2 Å². The van der Waals surface area contributed by atoms with Crippen LogP contribution >= 0.6 is 34.4 Å². The van der Waals surface area contributed by atoms with Gasteiger partial charge >= 0.3 is 0 Å². The molecule has 0 saturated heterocycles. The number of carbonyl (C=O) groups excluding carboxylic acids is 1. The maximum Gasteiger partial charge on any atom is 0.225 e. The number of aryl methyl sites for hydroxylation is 1. The number of hydrogen-bond donors (Lipinski definition) is 2. The van der Waals surface area contributed by atoms with Crippen molar-refractivity contribution in [2.45, 2.75) is 36.4 Å². The van der Waals surface area contributed by atoms with Gasteiger partial charge in [0.2, 0.25) is 11.0 Å². The second-order valence-electron chi connectivity index (χ2n) is 6.54. The molecule has 2 heterocycles. The Morgan fingerprint density at radius 1 is 1.17 bits per heavy atom. The van der Waals surface area contributed by atoms with Crippen molar-refractivity contribution in [2.24, 2.45) is 0 Å². The molecular formula is C20H19N5OS3. The predicted molar refractivity (Wildman–Crippen MR) is 119 cm³/mol. The number of benzene rings is 1. The summed E-state index contributed by atoms with van der Waals surface area (Å²) in [5, 5.41) is 25.4. The van der Waals surface area contributed by atoms with Crippen LogP contribution in [0.1, 0.15) is 35.3 Å². The number of anilines is 3. The van der Waals surface area contributed by atoms with Crippen LogP contribution in [0.4, 0.5) is 15.8 Å². The van der Waals surface area contributed by atoms with E-state index in [1.165, 1.54) is 28.0 Å². The minimum Gasteiger partial charge on any atom is -0.330 e. The van der Waals surface area contributed by atoms with Gasteiger partial charge in [-0.2, -0.15) is 5.26 Å². The Hall–Kier alpha value is -2.41. The number of thioether (sulfide) groups is 1. The lowest BCUT2D eigenvalue weighted by Gasteiger charge is -2.09. The molecule has 0 atom stereocenters. The third-order valence-corrected chi connectivity index (χ3v) is 7.70. The zero-order chi connectivity index (χ0) is 20.1. The van der Waals surface area contributed by atoms with Crippen molar-refractivity contribution in [3.05, 3.63) is 46.3 Å². The fourth-order valence-electron chi connectivity index (χ4n) is 3.16. The summed E-state index contributed by atoms with van der Waals surface area (Å²) in [5.41, 5.74) is 2.76. The van der Waals surface area contributed by atoms with Gasteiger partial charge in [-0.05, 0) is 43.4 Å². The fraction of sp³-hybridized carbons (Fsp3) is 0.300. The molecule has 148 valence electrons. The van der Waals surface area contributed by atoms with Crippen molar-refractivity contribution in [2.75, 3.05) is 16.4 Å². The summed E-state index contributed by atoms with van der Waals surface area (Å²) in [4.78, 5) is 13.6. The molecule has 1 amide bonds. The van der Waals surface area contributed by atoms with Crippen LogP contribution in [-0.2, 0) is 17.6 Å². The molecular weight excluding hydrogens is 422 g/mol. The van der Waals surface area contributed by atoms with Crippen molar-refractivity contribution in [3.63, 3.8) is 0 Å². The van der Waals surface area contributed by atoms with E-state index in [0.717, 1.165) is 46.4 Å². The quantitative estimate of drug-likeness (QED) is 0.489. The van der Waals surface area contributed by atoms with E-state index in [2.05, 4.69) is 26.9 Å². The molecule has 1 aliphatic rings. The number of hydrogen-bond acceptors (Lipinski definition) is 8. The molecule has 4 rings (SSSR count). The van der Waals surface area contributed by atoms with Crippen molar-refractivity contribution in [3.8, 4) is 6.07 Å². The van der Waals surface area contributed by atoms with Gasteiger partial charge in [0.1, 0.15) is 11.1 Å². The average molecular weight is 442 g/mol. The van der Waals surface area contributed by atoms with E-state index < -0.39 is 0 Å². The Morgan fingerprint density at radius 3 is 2.83 bits per heavy atom. The summed E-state index contributed by atoms with van der Waals surface area (Å²) < 4.78 is 0.820. The minimum absolute atomic E-state index is 0.0697. The molecule has 6 nitrogen and oxygen atoms in total. The van der Waals surface area contributed by atoms with E-state index in [-0.39, 0.29) is 5.91 Å². The highest BCUT2D eigenvalue weighted by atomic mass is 32.2. The Balaban J connectivity index is 1.28. The monoisotopic (exact) mass is 441 g/mol. The summed E-state index contributed by atoms with van der Waals surface area (Å²) in [6.45, 7) is 0. The molecule has 0 fully saturated rings. The van der Waals surface area contributed by atoms with Gasteiger partial charge in [0.25, 0.3) is 0 Å². The molecule has 29 heavy (non-hydrogen) atoms. The SMILES string of the molecule is N#Cc1c(NC(=O)CCSc2nnc(Nc3ccccc3)s2)sc2c1CCCC2. The van der Waals surface area contributed by atoms with Crippen molar-refractivity contribution in [1.29, 1.82) is 5.26 Å². The molecule has 1 aromatic carbocycles. The molecule has 0 aliphatic heterocycles. The molecule has 0 radical (unpaired) electrons. The second-order valence-corrected chi connectivity index (χ2v) is 9.96. The van der Waals surface area contributed by atoms with Gasteiger partial charge in [-0.25, -0.2) is 0 Å². The topological polar surface area (TPSA) is 90.7 Å². The molecule has 0 saturated carbocycles. The van der Waals surface area contributed by atoms with Gasteiger partial charge < -0.3 is 10.6 Å². The fourth-order valence-corrected chi connectivity index (χ4v) is 6.19. The lowest BCUT2D eigenvalue weighted by atomic mass is 9.96. The van der Waals surface area contributed by atoms with Crippen LogP contribution in [0.5, 0.6) is 0 Å². The Kier molecular flexibility index (Phi) is 6.44. The summed E-state index contributed by atoms with van der Waals surface area (Å²) in [7, 11) is 0. The summed E-state index contributed by atoms with van der Waals surface area (Å²) in [6, 6.07) is 12.1. The first-order valence-electron chi connectivity index (χ1n) is 9.36. The van der Waals surface area contributed by atoms with Gasteiger partial charge in [-0.15, -0.1) is 21.5 Å². The molecule has 2 N–H and O–H groups in total. The van der Waals surface area contributed by atoms with Crippen LogP contribution in [0.25, 0.3) is 0 Å². The molecule has 0 unspecified atom stereocenters. The first-order valence-corrected chi connectivity index (χ1v) is 12.0. The van der Waals surface area contributed by atoms with E-state index in [4.69, 9.17) is 0 Å². The highest BCUT2D eigenvalue weighted by Crippen LogP contribution is 2.37. The Morgan fingerprint density at radius 2 is 2.00 bits per heavy atom. The number of aromatic nitrogens is 2. The molecule has 0 bridgehead atoms. The number of thiophene rings is 1. The van der Waals surface area contributed by atoms with E-state index in [0.29, 0.717) is 22.7 Å². The van der Waals surface area contributed by atoms with Crippen LogP contribution in [0.3, 0.4) is 0 Å². The summed E-state index contributed by atoms with van der Waals surface area (Å²) >= 11 is 4.53. The molecule has 9 heteroatoms. The zero-order valence-corrected chi connectivity index (χ0v) is 18.1. The van der Waals surface area contributed by atoms with Crippen LogP contribution in [-0.4, -0.2) is 21.9 Å². The first-order chi connectivity index (χ1) is 14.2. The van der Waals surface area contributed by atoms with Gasteiger partial charge in [0.15, 0.2) is 4.34 Å². The van der Waals surface area contributed by atoms with Crippen molar-refractivity contribution >= 4 is 56.2 Å². The maximum absolute atomic E-state index is 12.4. The highest BCUT2D eigenvalue weighted by Gasteiger charge is 2.21. The second kappa shape index (κ2) is 9.39. The molecule has 2 aromatic heterocycles. The summed E-state index contributed by atoms with van der Waals surface area (Å²) in [6.07, 6.45) is 4.59. The lowest BCUT2D eigenvalue weighted by Crippen LogP contribution is -2.12. The van der Waals surface area contributed by atoms with E-state index in [9.17, 15) is 10.1 Å². The van der Waals surface area contributed by atoms with E-state index in [1.807, 2.05) is 30.3 Å². The third-order valence-electron chi connectivity index (χ3n) is 4.52. The maximum atomic E-state index is 12.4. The zero-order valence-electron chi connectivity index (χ0n) is 15.6. The van der Waals surface area contributed by atoms with Crippen molar-refractivity contribution < 1.29 is 4.79 Å². The Labute approximate surface area is 181 Å². The number of nitriles is 1. The third kappa shape index (κ3) is 4.96. The standard InChI is InChI=1S/C20H19N5OS3/c21-12-15-14-8-4-5-9-16(14)28-18(15)23-17(26)10-11-27-20-25-24-19(29-20)22-13-6-2-1-3-7-13/h1-3,6-7H,4-5,8-11H2,(H,22,24)(H,23,26). The molecule has 0 spiro atoms. The largest absolute Gasteiger partial charge is 0.330 e. The molecule has 3 aromatic rings. The number of amides is 1. The van der Waals surface area contributed by atoms with Gasteiger partial charge in [0.05, 0.1) is 5.56 Å². The first kappa shape index (κ1) is 19.9. The number of nitrogens with one attached hydrogen (secondary N) is 2. The number of fused-ring (bicyclic) bond motifs is 1. The predicted octanol–water partition coefficient (Wildman–Crippen LogP) is 5.21. The van der Waals surface area contributed by atoms with Gasteiger partial charge in [0, 0.05) is 22.7 Å². The normalized spacial score (nSPS) is 12.8. The van der Waals surface area contributed by atoms with Gasteiger partial charge in [-0.1, -0.05) is 41.3 Å². The smallest absolute Gasteiger partial charge is 0.225 e. The summed E-state index contributed by atoms with van der Waals surface area (Å²) in [5.74, 6) is 0.540. The van der Waals surface area contributed by atoms with Crippen LogP contribution in [0.15, 0.2) is 34.7 Å². The number of nitrogens with zero attached hydrogens (tertiary/aromatic N) is 3. The Bertz CT molecular complexity index is 1040. The van der Waals surface area contributed by atoms with Crippen LogP contribution < -0.4 is 10.6 Å². The van der Waals surface area contributed by atoms with Crippen LogP contribution in [0, 0.1) is 11.3 Å². The lowest BCUT2D eigenvalue weighted by molar-refractivity contribution is -0.115. The number of rotatable bonds is 7. The van der Waals surface area contributed by atoms with Crippen LogP contribution in [0.2, 0.25) is 0 Å². The minimum atomic E-state index is -0.0697. The number of carbonyl (C=O) groups is 1.